The Bertz CT molecular complexity index is 513. The van der Waals surface area contributed by atoms with Gasteiger partial charge in [-0.1, -0.05) is 6.07 Å². The molecule has 106 valence electrons. The molecule has 2 N–H and O–H groups in total. The van der Waals surface area contributed by atoms with Crippen LogP contribution in [-0.2, 0) is 10.0 Å². The number of phenols is 1. The van der Waals surface area contributed by atoms with Gasteiger partial charge in [-0.3, -0.25) is 0 Å². The van der Waals surface area contributed by atoms with Crippen molar-refractivity contribution in [2.45, 2.75) is 4.90 Å². The van der Waals surface area contributed by atoms with Gasteiger partial charge in [-0.2, -0.15) is 11.8 Å². The number of aromatic hydroxyl groups is 1. The van der Waals surface area contributed by atoms with Gasteiger partial charge >= 0.3 is 0 Å². The number of nitrogens with one attached hydrogen (secondary N) is 1. The number of hydrogen-bond acceptors (Lipinski definition) is 5. The average molecular weight is 302 g/mol. The summed E-state index contributed by atoms with van der Waals surface area (Å²) >= 11 is 1.93. The molecular formula is C12H18N2O3S2. The summed E-state index contributed by atoms with van der Waals surface area (Å²) in [7, 11) is -3.53. The lowest BCUT2D eigenvalue weighted by Crippen LogP contribution is -2.39. The van der Waals surface area contributed by atoms with Crippen molar-refractivity contribution in [3.05, 3.63) is 24.3 Å². The molecule has 0 aromatic heterocycles. The van der Waals surface area contributed by atoms with Crippen LogP contribution in [0.5, 0.6) is 5.75 Å². The van der Waals surface area contributed by atoms with E-state index in [1.165, 1.54) is 24.3 Å². The molecule has 19 heavy (non-hydrogen) atoms. The van der Waals surface area contributed by atoms with Gasteiger partial charge < -0.3 is 10.0 Å². The maximum Gasteiger partial charge on any atom is 0.240 e. The molecule has 5 nitrogen and oxygen atoms in total. The van der Waals surface area contributed by atoms with E-state index in [1.807, 2.05) is 11.8 Å². The van der Waals surface area contributed by atoms with Gasteiger partial charge in [0.05, 0.1) is 4.90 Å². The van der Waals surface area contributed by atoms with Gasteiger partial charge in [0.1, 0.15) is 5.75 Å². The molecule has 1 fully saturated rings. The zero-order chi connectivity index (χ0) is 13.7. The minimum atomic E-state index is -3.53. The molecule has 1 aliphatic rings. The fourth-order valence-corrected chi connectivity index (χ4v) is 3.94. The Hall–Kier alpha value is -0.760. The zero-order valence-electron chi connectivity index (χ0n) is 10.6. The molecule has 1 aliphatic heterocycles. The Balaban J connectivity index is 1.87. The van der Waals surface area contributed by atoms with E-state index in [0.717, 1.165) is 31.1 Å². The second kappa shape index (κ2) is 6.60. The van der Waals surface area contributed by atoms with E-state index in [-0.39, 0.29) is 10.6 Å². The van der Waals surface area contributed by atoms with Gasteiger partial charge in [-0.15, -0.1) is 0 Å². The Morgan fingerprint density at radius 1 is 1.32 bits per heavy atom. The molecule has 0 radical (unpaired) electrons. The largest absolute Gasteiger partial charge is 0.508 e. The van der Waals surface area contributed by atoms with E-state index in [1.54, 1.807) is 0 Å². The Morgan fingerprint density at radius 3 is 2.74 bits per heavy atom. The third-order valence-electron chi connectivity index (χ3n) is 2.95. The van der Waals surface area contributed by atoms with Crippen molar-refractivity contribution >= 4 is 21.8 Å². The van der Waals surface area contributed by atoms with Crippen LogP contribution in [0.15, 0.2) is 29.2 Å². The van der Waals surface area contributed by atoms with Crippen LogP contribution in [0.2, 0.25) is 0 Å². The normalized spacial score (nSPS) is 17.5. The first-order valence-electron chi connectivity index (χ1n) is 6.17. The topological polar surface area (TPSA) is 69.6 Å². The lowest BCUT2D eigenvalue weighted by atomic mass is 10.3. The molecule has 2 rings (SSSR count). The fraction of sp³-hybridized carbons (Fsp3) is 0.500. The predicted molar refractivity (Wildman–Crippen MR) is 77.1 cm³/mol. The SMILES string of the molecule is O=S(=O)(NCCN1CCSCC1)c1cccc(O)c1. The first kappa shape index (κ1) is 14.6. The van der Waals surface area contributed by atoms with Crippen LogP contribution >= 0.6 is 11.8 Å². The smallest absolute Gasteiger partial charge is 0.240 e. The van der Waals surface area contributed by atoms with Gasteiger partial charge in [0.15, 0.2) is 0 Å². The molecule has 0 unspecified atom stereocenters. The van der Waals surface area contributed by atoms with E-state index in [9.17, 15) is 13.5 Å². The van der Waals surface area contributed by atoms with Crippen molar-refractivity contribution in [3.8, 4) is 5.75 Å². The van der Waals surface area contributed by atoms with Crippen LogP contribution in [0.25, 0.3) is 0 Å². The van der Waals surface area contributed by atoms with E-state index < -0.39 is 10.0 Å². The van der Waals surface area contributed by atoms with Crippen molar-refractivity contribution in [1.82, 2.24) is 9.62 Å². The summed E-state index contributed by atoms with van der Waals surface area (Å²) in [5.74, 6) is 2.18. The van der Waals surface area contributed by atoms with E-state index >= 15 is 0 Å². The quantitative estimate of drug-likeness (QED) is 0.839. The minimum Gasteiger partial charge on any atom is -0.508 e. The van der Waals surface area contributed by atoms with Crippen LogP contribution in [-0.4, -0.2) is 56.1 Å². The molecule has 0 atom stereocenters. The number of nitrogens with zero attached hydrogens (tertiary/aromatic N) is 1. The van der Waals surface area contributed by atoms with Crippen molar-refractivity contribution < 1.29 is 13.5 Å². The van der Waals surface area contributed by atoms with Crippen LogP contribution in [0.3, 0.4) is 0 Å². The number of phenolic OH excluding ortho intramolecular Hbond substituents is 1. The number of benzene rings is 1. The summed E-state index contributed by atoms with van der Waals surface area (Å²) in [6, 6.07) is 5.69. The number of thioether (sulfide) groups is 1. The first-order chi connectivity index (χ1) is 9.08. The molecule has 0 saturated carbocycles. The molecule has 1 aromatic carbocycles. The summed E-state index contributed by atoms with van der Waals surface area (Å²) in [5.41, 5.74) is 0. The van der Waals surface area contributed by atoms with Crippen LogP contribution in [0.4, 0.5) is 0 Å². The molecule has 0 bridgehead atoms. The average Bonchev–Trinajstić information content (AvgIpc) is 2.40. The molecule has 0 amide bonds. The first-order valence-corrected chi connectivity index (χ1v) is 8.80. The van der Waals surface area contributed by atoms with Crippen molar-refractivity contribution in [3.63, 3.8) is 0 Å². The highest BCUT2D eigenvalue weighted by Crippen LogP contribution is 2.15. The fourth-order valence-electron chi connectivity index (χ4n) is 1.90. The molecule has 1 aromatic rings. The van der Waals surface area contributed by atoms with Crippen molar-refractivity contribution in [2.24, 2.45) is 0 Å². The van der Waals surface area contributed by atoms with Gasteiger partial charge in [0.2, 0.25) is 10.0 Å². The van der Waals surface area contributed by atoms with Crippen molar-refractivity contribution in [1.29, 1.82) is 0 Å². The Kier molecular flexibility index (Phi) is 5.09. The van der Waals surface area contributed by atoms with Crippen molar-refractivity contribution in [2.75, 3.05) is 37.7 Å². The molecule has 7 heteroatoms. The van der Waals surface area contributed by atoms with Gasteiger partial charge in [0.25, 0.3) is 0 Å². The monoisotopic (exact) mass is 302 g/mol. The lowest BCUT2D eigenvalue weighted by molar-refractivity contribution is 0.307. The predicted octanol–water partition coefficient (Wildman–Crippen LogP) is 0.719. The van der Waals surface area contributed by atoms with E-state index in [2.05, 4.69) is 9.62 Å². The summed E-state index contributed by atoms with van der Waals surface area (Å²) < 4.78 is 26.5. The highest BCUT2D eigenvalue weighted by molar-refractivity contribution is 7.99. The van der Waals surface area contributed by atoms with Gasteiger partial charge in [-0.05, 0) is 18.2 Å². The standard InChI is InChI=1S/C12H18N2O3S2/c15-11-2-1-3-12(10-11)19(16,17)13-4-5-14-6-8-18-9-7-14/h1-3,10,13,15H,4-9H2. The minimum absolute atomic E-state index is 0.0454. The van der Waals surface area contributed by atoms with E-state index in [0.29, 0.717) is 6.54 Å². The Morgan fingerprint density at radius 2 is 2.05 bits per heavy atom. The molecule has 1 saturated heterocycles. The third-order valence-corrected chi connectivity index (χ3v) is 5.35. The third kappa shape index (κ3) is 4.38. The summed E-state index contributed by atoms with van der Waals surface area (Å²) in [6.45, 7) is 3.14. The number of sulfonamides is 1. The highest BCUT2D eigenvalue weighted by atomic mass is 32.2. The van der Waals surface area contributed by atoms with Crippen LogP contribution in [0, 0.1) is 0 Å². The number of hydrogen-bond donors (Lipinski definition) is 2. The summed E-state index contributed by atoms with van der Waals surface area (Å²) in [5, 5.41) is 9.30. The van der Waals surface area contributed by atoms with Gasteiger partial charge in [-0.25, -0.2) is 13.1 Å². The molecule has 0 spiro atoms. The van der Waals surface area contributed by atoms with Crippen LogP contribution < -0.4 is 4.72 Å². The lowest BCUT2D eigenvalue weighted by Gasteiger charge is -2.25. The molecular weight excluding hydrogens is 284 g/mol. The second-order valence-electron chi connectivity index (χ2n) is 4.35. The maximum absolute atomic E-state index is 12.0. The molecule has 1 heterocycles. The zero-order valence-corrected chi connectivity index (χ0v) is 12.2. The van der Waals surface area contributed by atoms with E-state index in [4.69, 9.17) is 0 Å². The highest BCUT2D eigenvalue weighted by Gasteiger charge is 2.15. The summed E-state index contributed by atoms with van der Waals surface area (Å²) in [6.07, 6.45) is 0. The number of rotatable bonds is 5. The second-order valence-corrected chi connectivity index (χ2v) is 7.34. The van der Waals surface area contributed by atoms with Crippen LogP contribution in [0.1, 0.15) is 0 Å². The van der Waals surface area contributed by atoms with Gasteiger partial charge in [0, 0.05) is 37.7 Å². The molecule has 0 aliphatic carbocycles. The summed E-state index contributed by atoms with van der Waals surface area (Å²) in [4.78, 5) is 2.35. The Labute approximate surface area is 118 Å². The maximum atomic E-state index is 12.0.